The van der Waals surface area contributed by atoms with Crippen LogP contribution < -0.4 is 15.3 Å². The summed E-state index contributed by atoms with van der Waals surface area (Å²) >= 11 is 0. The highest BCUT2D eigenvalue weighted by molar-refractivity contribution is 5.95. The van der Waals surface area contributed by atoms with E-state index in [0.717, 1.165) is 18.5 Å². The number of hydrogen-bond donors (Lipinski definition) is 0. The van der Waals surface area contributed by atoms with E-state index in [1.54, 1.807) is 49.3 Å². The number of fused-ring (bicyclic) bond motifs is 2. The highest BCUT2D eigenvalue weighted by Crippen LogP contribution is 2.35. The normalized spacial score (nSPS) is 17.9. The predicted molar refractivity (Wildman–Crippen MR) is 125 cm³/mol. The fraction of sp³-hybridized carbons (Fsp3) is 0.435. The van der Waals surface area contributed by atoms with E-state index in [-0.39, 0.29) is 23.5 Å². The quantitative estimate of drug-likeness (QED) is 0.569. The van der Waals surface area contributed by atoms with E-state index in [1.165, 1.54) is 9.08 Å². The summed E-state index contributed by atoms with van der Waals surface area (Å²) in [7, 11) is 3.39. The van der Waals surface area contributed by atoms with Crippen molar-refractivity contribution in [2.45, 2.75) is 25.8 Å². The van der Waals surface area contributed by atoms with E-state index in [9.17, 15) is 14.4 Å². The Hall–Kier alpha value is -3.89. The molecule has 2 aliphatic rings. The van der Waals surface area contributed by atoms with E-state index in [0.29, 0.717) is 49.0 Å². The van der Waals surface area contributed by atoms with Gasteiger partial charge in [-0.05, 0) is 25.0 Å². The Morgan fingerprint density at radius 3 is 2.85 bits per heavy atom. The predicted octanol–water partition coefficient (Wildman–Crippen LogP) is 1.04. The zero-order valence-corrected chi connectivity index (χ0v) is 19.5. The van der Waals surface area contributed by atoms with E-state index in [2.05, 4.69) is 10.1 Å². The first kappa shape index (κ1) is 21.9. The first-order valence-corrected chi connectivity index (χ1v) is 11.3. The van der Waals surface area contributed by atoms with Crippen LogP contribution in [0.3, 0.4) is 0 Å². The van der Waals surface area contributed by atoms with Gasteiger partial charge in [-0.3, -0.25) is 14.0 Å². The Balaban J connectivity index is 1.40. The van der Waals surface area contributed by atoms with E-state index in [4.69, 9.17) is 4.74 Å². The smallest absolute Gasteiger partial charge is 0.350 e. The summed E-state index contributed by atoms with van der Waals surface area (Å²) < 4.78 is 8.63. The maximum Gasteiger partial charge on any atom is 0.350 e. The molecule has 5 rings (SSSR count). The molecule has 1 atom stereocenters. The van der Waals surface area contributed by atoms with Gasteiger partial charge in [0.1, 0.15) is 6.61 Å². The van der Waals surface area contributed by atoms with Crippen molar-refractivity contribution in [3.63, 3.8) is 0 Å². The van der Waals surface area contributed by atoms with Gasteiger partial charge in [-0.2, -0.15) is 5.10 Å². The molecule has 0 radical (unpaired) electrons. The molecule has 5 heterocycles. The summed E-state index contributed by atoms with van der Waals surface area (Å²) in [5, 5.41) is 4.26. The number of pyridine rings is 2. The van der Waals surface area contributed by atoms with Crippen LogP contribution in [0.15, 0.2) is 35.4 Å². The fourth-order valence-corrected chi connectivity index (χ4v) is 4.60. The molecule has 0 saturated carbocycles. The molecule has 0 aromatic carbocycles. The summed E-state index contributed by atoms with van der Waals surface area (Å²) in [6.45, 7) is 3.70. The summed E-state index contributed by atoms with van der Waals surface area (Å²) in [4.78, 5) is 47.1. The van der Waals surface area contributed by atoms with Crippen molar-refractivity contribution in [2.24, 2.45) is 7.05 Å². The van der Waals surface area contributed by atoms with Crippen LogP contribution in [0.2, 0.25) is 0 Å². The molecule has 0 spiro atoms. The molecule has 1 saturated heterocycles. The van der Waals surface area contributed by atoms with Crippen molar-refractivity contribution < 1.29 is 14.3 Å². The van der Waals surface area contributed by atoms with Gasteiger partial charge in [-0.25, -0.2) is 14.5 Å². The first-order chi connectivity index (χ1) is 16.3. The number of carbonyl (C=O) groups excluding carboxylic acids is 2. The van der Waals surface area contributed by atoms with Crippen LogP contribution in [0.4, 0.5) is 11.5 Å². The van der Waals surface area contributed by atoms with Gasteiger partial charge in [-0.15, -0.1) is 0 Å². The lowest BCUT2D eigenvalue weighted by Gasteiger charge is -2.37. The number of aromatic nitrogens is 4. The number of piperidine rings is 1. The molecule has 3 aromatic heterocycles. The summed E-state index contributed by atoms with van der Waals surface area (Å²) in [5.74, 6) is 1.02. The Bertz CT molecular complexity index is 1330. The van der Waals surface area contributed by atoms with Crippen molar-refractivity contribution in [1.82, 2.24) is 29.0 Å². The minimum Gasteiger partial charge on any atom is -0.488 e. The van der Waals surface area contributed by atoms with Crippen LogP contribution in [0.5, 0.6) is 5.75 Å². The third kappa shape index (κ3) is 3.76. The van der Waals surface area contributed by atoms with E-state index >= 15 is 0 Å². The molecule has 11 nitrogen and oxygen atoms in total. The highest BCUT2D eigenvalue weighted by atomic mass is 16.5. The summed E-state index contributed by atoms with van der Waals surface area (Å²) in [6.07, 6.45) is 4.99. The molecule has 34 heavy (non-hydrogen) atoms. The topological polar surface area (TPSA) is 105 Å². The number of aryl methyl sites for hydroxylation is 1. The van der Waals surface area contributed by atoms with Gasteiger partial charge in [0, 0.05) is 64.3 Å². The van der Waals surface area contributed by atoms with Crippen molar-refractivity contribution in [3.05, 3.63) is 46.6 Å². The maximum atomic E-state index is 13.2. The third-order valence-electron chi connectivity index (χ3n) is 6.60. The zero-order chi connectivity index (χ0) is 24.0. The second kappa shape index (κ2) is 8.47. The third-order valence-corrected chi connectivity index (χ3v) is 6.60. The maximum absolute atomic E-state index is 13.2. The van der Waals surface area contributed by atoms with Crippen molar-refractivity contribution >= 4 is 29.0 Å². The second-order valence-electron chi connectivity index (χ2n) is 8.74. The number of nitrogens with zero attached hydrogens (tertiary/aromatic N) is 7. The molecule has 2 amide bonds. The molecular weight excluding hydrogens is 438 g/mol. The molecule has 0 bridgehead atoms. The number of likely N-dealkylation sites (tertiary alicyclic amines) is 1. The molecule has 1 fully saturated rings. The van der Waals surface area contributed by atoms with Crippen LogP contribution >= 0.6 is 0 Å². The number of anilines is 2. The first-order valence-electron chi connectivity index (χ1n) is 11.3. The van der Waals surface area contributed by atoms with Crippen LogP contribution in [0.1, 0.15) is 30.1 Å². The number of amides is 2. The number of likely N-dealkylation sites (N-methyl/N-ethyl adjacent to an activating group) is 1. The van der Waals surface area contributed by atoms with Gasteiger partial charge in [0.2, 0.25) is 5.91 Å². The second-order valence-corrected chi connectivity index (χ2v) is 8.74. The molecule has 11 heteroatoms. The lowest BCUT2D eigenvalue weighted by atomic mass is 10.0. The fourth-order valence-electron chi connectivity index (χ4n) is 4.60. The Labute approximate surface area is 196 Å². The van der Waals surface area contributed by atoms with Crippen molar-refractivity contribution in [1.29, 1.82) is 0 Å². The molecule has 0 N–H and O–H groups in total. The SMILES string of the molecule is CC(=O)N(C)C1CCCN(C(=O)c2cnc3c(c2)OCCN3c2ccn3c(=O)n(C)nc3c2)C1. The zero-order valence-electron chi connectivity index (χ0n) is 19.5. The summed E-state index contributed by atoms with van der Waals surface area (Å²) in [6, 6.07) is 5.42. The van der Waals surface area contributed by atoms with Crippen LogP contribution in [0.25, 0.3) is 5.65 Å². The molecule has 2 aliphatic heterocycles. The van der Waals surface area contributed by atoms with Gasteiger partial charge >= 0.3 is 5.69 Å². The minimum absolute atomic E-state index is 0.00277. The van der Waals surface area contributed by atoms with Gasteiger partial charge in [0.05, 0.1) is 12.1 Å². The van der Waals surface area contributed by atoms with E-state index in [1.807, 2.05) is 17.0 Å². The van der Waals surface area contributed by atoms with Gasteiger partial charge in [-0.1, -0.05) is 0 Å². The summed E-state index contributed by atoms with van der Waals surface area (Å²) in [5.41, 5.74) is 1.62. The van der Waals surface area contributed by atoms with Crippen molar-refractivity contribution in [3.8, 4) is 5.75 Å². The molecular formula is C23H27N7O4. The van der Waals surface area contributed by atoms with Gasteiger partial charge in [0.15, 0.2) is 17.2 Å². The minimum atomic E-state index is -0.209. The Kier molecular flexibility index (Phi) is 5.46. The number of carbonyl (C=O) groups is 2. The molecule has 0 aliphatic carbocycles. The Morgan fingerprint density at radius 2 is 2.06 bits per heavy atom. The highest BCUT2D eigenvalue weighted by Gasteiger charge is 2.29. The Morgan fingerprint density at radius 1 is 1.24 bits per heavy atom. The standard InChI is InChI=1S/C23H27N7O4/c1-15(31)26(2)18-5-4-7-28(14-18)22(32)16-11-19-21(24-13-16)29(9-10-34-19)17-6-8-30-20(12-17)25-27(3)23(30)33/h6,8,11-13,18H,4-5,7,9-10,14H2,1-3H3. The number of hydrogen-bond acceptors (Lipinski definition) is 7. The largest absolute Gasteiger partial charge is 0.488 e. The molecule has 178 valence electrons. The average molecular weight is 466 g/mol. The lowest BCUT2D eigenvalue weighted by molar-refractivity contribution is -0.130. The van der Waals surface area contributed by atoms with E-state index < -0.39 is 0 Å². The van der Waals surface area contributed by atoms with Crippen LogP contribution in [0, 0.1) is 0 Å². The van der Waals surface area contributed by atoms with Crippen LogP contribution in [-0.4, -0.2) is 80.1 Å². The van der Waals surface area contributed by atoms with Gasteiger partial charge in [0.25, 0.3) is 5.91 Å². The van der Waals surface area contributed by atoms with Gasteiger partial charge < -0.3 is 19.4 Å². The lowest BCUT2D eigenvalue weighted by Crippen LogP contribution is -2.49. The average Bonchev–Trinajstić information content (AvgIpc) is 3.14. The van der Waals surface area contributed by atoms with Crippen LogP contribution in [-0.2, 0) is 11.8 Å². The number of rotatable bonds is 3. The van der Waals surface area contributed by atoms with Crippen molar-refractivity contribution in [2.75, 3.05) is 38.2 Å². The monoisotopic (exact) mass is 465 g/mol. The molecule has 1 unspecified atom stereocenters. The molecule has 3 aromatic rings. The number of ether oxygens (including phenoxy) is 1.